The van der Waals surface area contributed by atoms with E-state index in [-0.39, 0.29) is 5.78 Å². The number of carbonyl (C=O) groups is 1. The minimum Gasteiger partial charge on any atom is -0.293 e. The van der Waals surface area contributed by atoms with Gasteiger partial charge in [0.1, 0.15) is 16.2 Å². The second kappa shape index (κ2) is 7.31. The number of nitrogens with zero attached hydrogens (tertiary/aromatic N) is 2. The molecule has 6 heteroatoms. The number of benzene rings is 1. The minimum absolute atomic E-state index is 0.155. The van der Waals surface area contributed by atoms with Crippen molar-refractivity contribution in [2.45, 2.75) is 18.9 Å². The van der Waals surface area contributed by atoms with Gasteiger partial charge in [0.15, 0.2) is 5.78 Å². The number of fused-ring (bicyclic) bond motifs is 1. The van der Waals surface area contributed by atoms with E-state index in [0.29, 0.717) is 5.75 Å². The Labute approximate surface area is 164 Å². The lowest BCUT2D eigenvalue weighted by atomic mass is 10.2. The van der Waals surface area contributed by atoms with Crippen LogP contribution in [0.3, 0.4) is 0 Å². The predicted octanol–water partition coefficient (Wildman–Crippen LogP) is 6.01. The van der Waals surface area contributed by atoms with Crippen LogP contribution in [0, 0.1) is 13.8 Å². The predicted molar refractivity (Wildman–Crippen MR) is 112 cm³/mol. The molecule has 0 atom stereocenters. The molecule has 0 spiro atoms. The van der Waals surface area contributed by atoms with E-state index in [2.05, 4.69) is 28.2 Å². The summed E-state index contributed by atoms with van der Waals surface area (Å²) in [5.74, 6) is 0.543. The molecule has 3 heterocycles. The van der Waals surface area contributed by atoms with Gasteiger partial charge in [0.05, 0.1) is 5.75 Å². The zero-order chi connectivity index (χ0) is 18.1. The van der Waals surface area contributed by atoms with Gasteiger partial charge < -0.3 is 0 Å². The average molecular weight is 397 g/mol. The van der Waals surface area contributed by atoms with Gasteiger partial charge in [-0.3, -0.25) is 4.79 Å². The highest BCUT2D eigenvalue weighted by Crippen LogP contribution is 2.36. The summed E-state index contributed by atoms with van der Waals surface area (Å²) in [6, 6.07) is 14.4. The van der Waals surface area contributed by atoms with Crippen LogP contribution in [0.1, 0.15) is 20.1 Å². The molecule has 1 aromatic carbocycles. The molecule has 0 aliphatic rings. The van der Waals surface area contributed by atoms with E-state index >= 15 is 0 Å². The number of hydrogen-bond donors (Lipinski definition) is 0. The molecule has 0 fully saturated rings. The molecular formula is C20H16N2OS3. The first kappa shape index (κ1) is 17.4. The monoisotopic (exact) mass is 396 g/mol. The maximum atomic E-state index is 12.6. The third-order valence-electron chi connectivity index (χ3n) is 4.03. The van der Waals surface area contributed by atoms with Crippen molar-refractivity contribution < 1.29 is 4.79 Å². The minimum atomic E-state index is 0.155. The molecule has 0 aliphatic carbocycles. The van der Waals surface area contributed by atoms with Gasteiger partial charge in [0.2, 0.25) is 0 Å². The highest BCUT2D eigenvalue weighted by Gasteiger charge is 2.15. The van der Waals surface area contributed by atoms with Crippen LogP contribution in [-0.4, -0.2) is 21.5 Å². The molecule has 0 unspecified atom stereocenters. The van der Waals surface area contributed by atoms with Gasteiger partial charge in [-0.25, -0.2) is 9.97 Å². The summed E-state index contributed by atoms with van der Waals surface area (Å²) in [6.45, 7) is 4.04. The molecule has 4 rings (SSSR count). The zero-order valence-electron chi connectivity index (χ0n) is 14.4. The number of rotatable bonds is 5. The lowest BCUT2D eigenvalue weighted by Crippen LogP contribution is -2.02. The fraction of sp³-hybridized carbons (Fsp3) is 0.150. The summed E-state index contributed by atoms with van der Waals surface area (Å²) in [6.07, 6.45) is 1.58. The van der Waals surface area contributed by atoms with E-state index in [1.54, 1.807) is 29.0 Å². The van der Waals surface area contributed by atoms with E-state index < -0.39 is 0 Å². The first-order chi connectivity index (χ1) is 12.6. The SMILES string of the molecule is Cc1cc(C(=O)CSc2ncnc3sc(-c4ccccc4)cc23)c(C)s1. The largest absolute Gasteiger partial charge is 0.293 e. The molecule has 130 valence electrons. The molecule has 3 aromatic heterocycles. The summed E-state index contributed by atoms with van der Waals surface area (Å²) in [5, 5.41) is 1.89. The van der Waals surface area contributed by atoms with Crippen molar-refractivity contribution in [3.63, 3.8) is 0 Å². The molecule has 0 bridgehead atoms. The number of Topliss-reactive ketones (excluding diaryl/α,β-unsaturated/α-hetero) is 1. The van der Waals surface area contributed by atoms with Crippen molar-refractivity contribution in [2.75, 3.05) is 5.75 Å². The van der Waals surface area contributed by atoms with E-state index in [0.717, 1.165) is 25.7 Å². The fourth-order valence-corrected chi connectivity index (χ4v) is 5.68. The molecule has 0 saturated carbocycles. The van der Waals surface area contributed by atoms with Crippen LogP contribution < -0.4 is 0 Å². The Kier molecular flexibility index (Phi) is 4.89. The molecule has 3 nitrogen and oxygen atoms in total. The van der Waals surface area contributed by atoms with Crippen molar-refractivity contribution in [3.05, 3.63) is 64.1 Å². The van der Waals surface area contributed by atoms with Gasteiger partial charge in [0, 0.05) is 25.6 Å². The molecule has 4 aromatic rings. The Morgan fingerprint density at radius 3 is 2.62 bits per heavy atom. The topological polar surface area (TPSA) is 42.9 Å². The van der Waals surface area contributed by atoms with Gasteiger partial charge in [-0.2, -0.15) is 0 Å². The van der Waals surface area contributed by atoms with Gasteiger partial charge in [-0.05, 0) is 31.5 Å². The van der Waals surface area contributed by atoms with Crippen molar-refractivity contribution >= 4 is 50.4 Å². The second-order valence-electron chi connectivity index (χ2n) is 5.91. The third kappa shape index (κ3) is 3.45. The Morgan fingerprint density at radius 1 is 1.08 bits per heavy atom. The van der Waals surface area contributed by atoms with Crippen molar-refractivity contribution in [1.29, 1.82) is 0 Å². The van der Waals surface area contributed by atoms with Crippen LogP contribution >= 0.6 is 34.4 Å². The first-order valence-electron chi connectivity index (χ1n) is 8.15. The highest BCUT2D eigenvalue weighted by molar-refractivity contribution is 8.00. The lowest BCUT2D eigenvalue weighted by molar-refractivity contribution is 0.102. The van der Waals surface area contributed by atoms with Gasteiger partial charge in [-0.15, -0.1) is 22.7 Å². The van der Waals surface area contributed by atoms with Gasteiger partial charge in [-0.1, -0.05) is 42.1 Å². The number of hydrogen-bond acceptors (Lipinski definition) is 6. The van der Waals surface area contributed by atoms with E-state index in [1.807, 2.05) is 38.1 Å². The van der Waals surface area contributed by atoms with Crippen molar-refractivity contribution in [2.24, 2.45) is 0 Å². The van der Waals surface area contributed by atoms with Crippen LogP contribution in [0.25, 0.3) is 20.7 Å². The Bertz CT molecular complexity index is 1080. The number of thioether (sulfide) groups is 1. The van der Waals surface area contributed by atoms with Crippen molar-refractivity contribution in [1.82, 2.24) is 9.97 Å². The smallest absolute Gasteiger partial charge is 0.174 e. The Morgan fingerprint density at radius 2 is 1.88 bits per heavy atom. The molecular weight excluding hydrogens is 380 g/mol. The Hall–Kier alpha value is -2.02. The van der Waals surface area contributed by atoms with Crippen molar-refractivity contribution in [3.8, 4) is 10.4 Å². The van der Waals surface area contributed by atoms with Crippen LogP contribution in [0.2, 0.25) is 0 Å². The fourth-order valence-electron chi connectivity index (χ4n) is 2.81. The van der Waals surface area contributed by atoms with E-state index in [9.17, 15) is 4.79 Å². The molecule has 0 saturated heterocycles. The summed E-state index contributed by atoms with van der Waals surface area (Å²) >= 11 is 4.81. The Balaban J connectivity index is 1.60. The number of aryl methyl sites for hydroxylation is 2. The van der Waals surface area contributed by atoms with E-state index in [1.165, 1.54) is 27.1 Å². The molecule has 0 N–H and O–H groups in total. The van der Waals surface area contributed by atoms with Crippen LogP contribution in [0.15, 0.2) is 53.8 Å². The standard InChI is InChI=1S/C20H16N2OS3/c1-12-8-15(13(2)25-12)17(23)10-24-19-16-9-18(14-6-4-3-5-7-14)26-20(16)22-11-21-19/h3-9,11H,10H2,1-2H3. The lowest BCUT2D eigenvalue weighted by Gasteiger charge is -2.01. The summed E-state index contributed by atoms with van der Waals surface area (Å²) in [4.78, 5) is 25.8. The van der Waals surface area contributed by atoms with Gasteiger partial charge >= 0.3 is 0 Å². The van der Waals surface area contributed by atoms with Crippen LogP contribution in [0.4, 0.5) is 0 Å². The third-order valence-corrected chi connectivity index (χ3v) is 7.10. The van der Waals surface area contributed by atoms with Crippen LogP contribution in [0.5, 0.6) is 0 Å². The van der Waals surface area contributed by atoms with E-state index in [4.69, 9.17) is 0 Å². The number of ketones is 1. The van der Waals surface area contributed by atoms with Crippen LogP contribution in [-0.2, 0) is 0 Å². The normalized spacial score (nSPS) is 11.2. The average Bonchev–Trinajstić information content (AvgIpc) is 3.23. The zero-order valence-corrected chi connectivity index (χ0v) is 16.8. The molecule has 0 radical (unpaired) electrons. The highest BCUT2D eigenvalue weighted by atomic mass is 32.2. The maximum absolute atomic E-state index is 12.6. The first-order valence-corrected chi connectivity index (χ1v) is 10.8. The molecule has 0 amide bonds. The maximum Gasteiger partial charge on any atom is 0.174 e. The summed E-state index contributed by atoms with van der Waals surface area (Å²) in [5.41, 5.74) is 2.01. The quantitative estimate of drug-likeness (QED) is 0.235. The summed E-state index contributed by atoms with van der Waals surface area (Å²) in [7, 11) is 0. The molecule has 0 aliphatic heterocycles. The second-order valence-corrected chi connectivity index (χ2v) is 9.37. The van der Waals surface area contributed by atoms with Gasteiger partial charge in [0.25, 0.3) is 0 Å². The summed E-state index contributed by atoms with van der Waals surface area (Å²) < 4.78 is 0. The number of carbonyl (C=O) groups excluding carboxylic acids is 1. The number of thiophene rings is 2. The molecule has 26 heavy (non-hydrogen) atoms. The number of aromatic nitrogens is 2.